The lowest BCUT2D eigenvalue weighted by Gasteiger charge is -2.46. The minimum absolute atomic E-state index is 0.161. The Morgan fingerprint density at radius 3 is 2.19 bits per heavy atom. The molecule has 0 amide bonds. The van der Waals surface area contributed by atoms with Gasteiger partial charge in [0.25, 0.3) is 0 Å². The molecule has 0 aliphatic heterocycles. The highest BCUT2D eigenvalue weighted by Crippen LogP contribution is 2.59. The second-order valence-corrected chi connectivity index (χ2v) is 12.7. The molecular weight excluding hydrogens is 404 g/mol. The average molecular weight is 457 g/mol. The molecule has 0 aromatic heterocycles. The van der Waals surface area contributed by atoms with E-state index in [9.17, 15) is 15.3 Å². The van der Waals surface area contributed by atoms with Gasteiger partial charge in [-0.05, 0) is 110 Å². The first kappa shape index (κ1) is 28.0. The highest BCUT2D eigenvalue weighted by Gasteiger charge is 2.52. The summed E-state index contributed by atoms with van der Waals surface area (Å²) in [4.78, 5) is 0. The molecule has 0 aromatic rings. The van der Waals surface area contributed by atoms with Crippen LogP contribution in [0.15, 0.2) is 0 Å². The molecule has 32 heavy (non-hydrogen) atoms. The fraction of sp³-hybridized carbons (Fsp3) is 1.00. The Labute approximate surface area is 197 Å². The number of aliphatic hydroxyl groups excluding tert-OH is 1. The molecule has 5 nitrogen and oxygen atoms in total. The standard InChI is InChI=1S/C27H52O5/c1-24(2,29)17-9-11-19(13-16-23(25(3,4)30)32-26(5,6)31-8)20-14-15-21-22(28)12-10-18-27(20,21)7/h19-23,28-30H,9-18H2,1-8H3/t19?,20?,21?,22-,23?,27+/m0/s1. The van der Waals surface area contributed by atoms with Crippen molar-refractivity contribution in [3.05, 3.63) is 0 Å². The van der Waals surface area contributed by atoms with E-state index in [1.165, 1.54) is 12.8 Å². The topological polar surface area (TPSA) is 79.2 Å². The Balaban J connectivity index is 2.17. The second kappa shape index (κ2) is 10.6. The van der Waals surface area contributed by atoms with E-state index in [1.54, 1.807) is 7.11 Å². The molecule has 0 spiro atoms. The highest BCUT2D eigenvalue weighted by atomic mass is 16.7. The summed E-state index contributed by atoms with van der Waals surface area (Å²) < 4.78 is 11.7. The first-order valence-electron chi connectivity index (χ1n) is 12.9. The molecule has 0 saturated heterocycles. The molecule has 2 aliphatic rings. The lowest BCUT2D eigenvalue weighted by Crippen LogP contribution is -2.45. The van der Waals surface area contributed by atoms with Gasteiger partial charge in [0.05, 0.1) is 23.4 Å². The second-order valence-electron chi connectivity index (χ2n) is 12.7. The molecule has 0 aromatic carbocycles. The van der Waals surface area contributed by atoms with Crippen LogP contribution in [0.2, 0.25) is 0 Å². The van der Waals surface area contributed by atoms with Gasteiger partial charge in [-0.3, -0.25) is 0 Å². The van der Waals surface area contributed by atoms with E-state index < -0.39 is 17.0 Å². The van der Waals surface area contributed by atoms with Crippen molar-refractivity contribution in [2.24, 2.45) is 23.2 Å². The van der Waals surface area contributed by atoms with Gasteiger partial charge >= 0.3 is 0 Å². The fourth-order valence-electron chi connectivity index (χ4n) is 6.62. The van der Waals surface area contributed by atoms with E-state index in [2.05, 4.69) is 6.92 Å². The first-order valence-corrected chi connectivity index (χ1v) is 12.9. The average Bonchev–Trinajstić information content (AvgIpc) is 3.00. The summed E-state index contributed by atoms with van der Waals surface area (Å²) >= 11 is 0. The van der Waals surface area contributed by atoms with Crippen molar-refractivity contribution in [2.45, 2.75) is 142 Å². The Morgan fingerprint density at radius 2 is 1.62 bits per heavy atom. The molecule has 4 unspecified atom stereocenters. The van der Waals surface area contributed by atoms with Crippen LogP contribution in [-0.2, 0) is 9.47 Å². The van der Waals surface area contributed by atoms with Gasteiger partial charge in [0.15, 0.2) is 5.79 Å². The van der Waals surface area contributed by atoms with Crippen molar-refractivity contribution in [3.8, 4) is 0 Å². The molecule has 2 fully saturated rings. The van der Waals surface area contributed by atoms with Gasteiger partial charge in [-0.1, -0.05) is 26.2 Å². The van der Waals surface area contributed by atoms with Crippen molar-refractivity contribution in [1.82, 2.24) is 0 Å². The summed E-state index contributed by atoms with van der Waals surface area (Å²) in [7, 11) is 1.63. The third-order valence-corrected chi connectivity index (χ3v) is 8.60. The number of rotatable bonds is 12. The van der Waals surface area contributed by atoms with Gasteiger partial charge in [0.2, 0.25) is 0 Å². The lowest BCUT2D eigenvalue weighted by atomic mass is 9.60. The smallest absolute Gasteiger partial charge is 0.162 e. The van der Waals surface area contributed by atoms with E-state index in [1.807, 2.05) is 41.5 Å². The highest BCUT2D eigenvalue weighted by molar-refractivity contribution is 5.02. The van der Waals surface area contributed by atoms with Crippen LogP contribution in [0.4, 0.5) is 0 Å². The Hall–Kier alpha value is -0.200. The quantitative estimate of drug-likeness (QED) is 0.341. The summed E-state index contributed by atoms with van der Waals surface area (Å²) in [6.07, 6.45) is 9.65. The maximum Gasteiger partial charge on any atom is 0.162 e. The number of aliphatic hydroxyl groups is 3. The fourth-order valence-corrected chi connectivity index (χ4v) is 6.62. The van der Waals surface area contributed by atoms with Gasteiger partial charge in [-0.25, -0.2) is 0 Å². The Kier molecular flexibility index (Phi) is 9.29. The number of ether oxygens (including phenoxy) is 2. The lowest BCUT2D eigenvalue weighted by molar-refractivity contribution is -0.255. The van der Waals surface area contributed by atoms with E-state index in [0.717, 1.165) is 51.4 Å². The maximum atomic E-state index is 10.8. The van der Waals surface area contributed by atoms with Crippen LogP contribution in [0.3, 0.4) is 0 Å². The third-order valence-electron chi connectivity index (χ3n) is 8.60. The molecule has 0 radical (unpaired) electrons. The number of hydrogen-bond acceptors (Lipinski definition) is 5. The zero-order chi connectivity index (χ0) is 24.4. The number of fused-ring (bicyclic) bond motifs is 1. The summed E-state index contributed by atoms with van der Waals surface area (Å²) in [6.45, 7) is 13.6. The van der Waals surface area contributed by atoms with Gasteiger partial charge in [-0.2, -0.15) is 0 Å². The van der Waals surface area contributed by atoms with Crippen LogP contribution in [0, 0.1) is 23.2 Å². The monoisotopic (exact) mass is 456 g/mol. The van der Waals surface area contributed by atoms with E-state index in [-0.39, 0.29) is 17.6 Å². The summed E-state index contributed by atoms with van der Waals surface area (Å²) in [5.41, 5.74) is -1.42. The molecule has 5 heteroatoms. The molecule has 3 N–H and O–H groups in total. The summed E-state index contributed by atoms with van der Waals surface area (Å²) in [5, 5.41) is 31.8. The van der Waals surface area contributed by atoms with Crippen LogP contribution in [-0.4, -0.2) is 51.6 Å². The third kappa shape index (κ3) is 7.40. The molecule has 0 heterocycles. The SMILES string of the molecule is COC(C)(C)OC(CCC(CCCC(C)(C)O)C1CCC2[C@@H](O)CCC[C@]12C)C(C)(C)O. The van der Waals surface area contributed by atoms with Crippen molar-refractivity contribution < 1.29 is 24.8 Å². The predicted molar refractivity (Wildman–Crippen MR) is 129 cm³/mol. The van der Waals surface area contributed by atoms with Crippen molar-refractivity contribution in [2.75, 3.05) is 7.11 Å². The molecule has 6 atom stereocenters. The summed E-state index contributed by atoms with van der Waals surface area (Å²) in [5.74, 6) is 0.726. The van der Waals surface area contributed by atoms with Crippen LogP contribution >= 0.6 is 0 Å². The zero-order valence-corrected chi connectivity index (χ0v) is 22.1. The van der Waals surface area contributed by atoms with Gasteiger partial charge < -0.3 is 24.8 Å². The van der Waals surface area contributed by atoms with Crippen molar-refractivity contribution in [3.63, 3.8) is 0 Å². The van der Waals surface area contributed by atoms with Crippen LogP contribution in [0.1, 0.15) is 113 Å². The maximum absolute atomic E-state index is 10.8. The molecule has 2 saturated carbocycles. The van der Waals surface area contributed by atoms with Gasteiger partial charge in [0, 0.05) is 7.11 Å². The molecule has 2 rings (SSSR count). The minimum atomic E-state index is -0.962. The molecule has 190 valence electrons. The normalized spacial score (nSPS) is 31.4. The van der Waals surface area contributed by atoms with Crippen molar-refractivity contribution >= 4 is 0 Å². The largest absolute Gasteiger partial charge is 0.393 e. The first-order chi connectivity index (χ1) is 14.6. The number of methoxy groups -OCH3 is 1. The minimum Gasteiger partial charge on any atom is -0.393 e. The van der Waals surface area contributed by atoms with E-state index in [4.69, 9.17) is 9.47 Å². The molecular formula is C27H52O5. The predicted octanol–water partition coefficient (Wildman–Crippen LogP) is 5.44. The van der Waals surface area contributed by atoms with Crippen LogP contribution in [0.25, 0.3) is 0 Å². The van der Waals surface area contributed by atoms with Gasteiger partial charge in [0.1, 0.15) is 0 Å². The zero-order valence-electron chi connectivity index (χ0n) is 22.1. The van der Waals surface area contributed by atoms with Crippen LogP contribution < -0.4 is 0 Å². The Bertz CT molecular complexity index is 576. The number of hydrogen-bond donors (Lipinski definition) is 3. The van der Waals surface area contributed by atoms with Crippen molar-refractivity contribution in [1.29, 1.82) is 0 Å². The Morgan fingerprint density at radius 1 is 0.969 bits per heavy atom. The summed E-state index contributed by atoms with van der Waals surface area (Å²) in [6, 6.07) is 0. The molecule has 0 bridgehead atoms. The van der Waals surface area contributed by atoms with Gasteiger partial charge in [-0.15, -0.1) is 0 Å². The van der Waals surface area contributed by atoms with E-state index >= 15 is 0 Å². The van der Waals surface area contributed by atoms with Crippen LogP contribution in [0.5, 0.6) is 0 Å². The molecule has 2 aliphatic carbocycles. The van der Waals surface area contributed by atoms with E-state index in [0.29, 0.717) is 17.8 Å².